The van der Waals surface area contributed by atoms with Gasteiger partial charge in [0.1, 0.15) is 5.75 Å². The van der Waals surface area contributed by atoms with Crippen LogP contribution in [0.1, 0.15) is 56.9 Å². The third-order valence-electron chi connectivity index (χ3n) is 5.70. The van der Waals surface area contributed by atoms with Gasteiger partial charge in [0.05, 0.1) is 0 Å². The highest BCUT2D eigenvalue weighted by molar-refractivity contribution is 9.10. The molecule has 0 saturated heterocycles. The molecule has 1 N–H and O–H groups in total. The van der Waals surface area contributed by atoms with Gasteiger partial charge in [-0.1, -0.05) is 15.9 Å². The maximum absolute atomic E-state index is 12.9. The predicted octanol–water partition coefficient (Wildman–Crippen LogP) is 4.59. The molecule has 0 fully saturated rings. The Morgan fingerprint density at radius 2 is 1.62 bits per heavy atom. The number of hydrogen-bond donors (Lipinski definition) is 1. The highest BCUT2D eigenvalue weighted by Gasteiger charge is 2.43. The number of phenols is 1. The molecule has 5 heteroatoms. The molecule has 1 aliphatic heterocycles. The van der Waals surface area contributed by atoms with E-state index in [0.29, 0.717) is 18.4 Å². The Hall–Kier alpha value is -1.88. The number of rotatable bonds is 2. The molecule has 0 unspecified atom stereocenters. The molecular weight excluding hydrogens is 394 g/mol. The molecule has 0 aromatic heterocycles. The first-order valence-corrected chi connectivity index (χ1v) is 10.1. The number of benzene rings is 1. The monoisotopic (exact) mass is 415 g/mol. The number of ketones is 2. The number of Topliss-reactive ketones (excluding diaryl/α,β-unsaturated/α-hetero) is 2. The first-order chi connectivity index (χ1) is 12.5. The van der Waals surface area contributed by atoms with E-state index in [9.17, 15) is 14.7 Å². The van der Waals surface area contributed by atoms with E-state index >= 15 is 0 Å². The molecule has 1 aromatic rings. The molecule has 4 nitrogen and oxygen atoms in total. The minimum absolute atomic E-state index is 0.110. The van der Waals surface area contributed by atoms with Gasteiger partial charge >= 0.3 is 0 Å². The Bertz CT molecular complexity index is 824. The summed E-state index contributed by atoms with van der Waals surface area (Å²) < 4.78 is 0.832. The summed E-state index contributed by atoms with van der Waals surface area (Å²) in [5.74, 6) is -0.0857. The maximum Gasteiger partial charge on any atom is 0.161 e. The van der Waals surface area contributed by atoms with Gasteiger partial charge in [0.25, 0.3) is 0 Å². The van der Waals surface area contributed by atoms with E-state index < -0.39 is 5.92 Å². The number of aromatic hydroxyl groups is 1. The molecule has 0 amide bonds. The van der Waals surface area contributed by atoms with E-state index in [4.69, 9.17) is 0 Å². The lowest BCUT2D eigenvalue weighted by Crippen LogP contribution is -2.39. The predicted molar refractivity (Wildman–Crippen MR) is 103 cm³/mol. The zero-order chi connectivity index (χ0) is 18.4. The van der Waals surface area contributed by atoms with Crippen LogP contribution < -0.4 is 0 Å². The molecule has 136 valence electrons. The van der Waals surface area contributed by atoms with Crippen LogP contribution in [0.4, 0.5) is 0 Å². The first kappa shape index (κ1) is 17.5. The van der Waals surface area contributed by atoms with Crippen molar-refractivity contribution in [3.05, 3.63) is 50.8 Å². The van der Waals surface area contributed by atoms with Crippen LogP contribution in [-0.4, -0.2) is 28.1 Å². The number of allylic oxidation sites excluding steroid dienone is 4. The van der Waals surface area contributed by atoms with Crippen molar-refractivity contribution >= 4 is 27.5 Å². The van der Waals surface area contributed by atoms with E-state index in [1.807, 2.05) is 6.07 Å². The summed E-state index contributed by atoms with van der Waals surface area (Å²) in [5.41, 5.74) is 4.21. The summed E-state index contributed by atoms with van der Waals surface area (Å²) >= 11 is 3.47. The minimum atomic E-state index is -0.444. The molecule has 0 radical (unpaired) electrons. The summed E-state index contributed by atoms with van der Waals surface area (Å²) in [6.07, 6.45) is 4.43. The van der Waals surface area contributed by atoms with Crippen LogP contribution in [0, 0.1) is 0 Å². The fraction of sp³-hybridized carbons (Fsp3) is 0.429. The van der Waals surface area contributed by atoms with E-state index in [1.165, 1.54) is 0 Å². The lowest BCUT2D eigenvalue weighted by Gasteiger charge is -2.43. The van der Waals surface area contributed by atoms with Crippen LogP contribution in [-0.2, 0) is 9.59 Å². The van der Waals surface area contributed by atoms with Gasteiger partial charge in [-0.25, -0.2) is 0 Å². The van der Waals surface area contributed by atoms with Crippen LogP contribution in [0.3, 0.4) is 0 Å². The lowest BCUT2D eigenvalue weighted by atomic mass is 9.71. The quantitative estimate of drug-likeness (QED) is 0.767. The normalized spacial score (nSPS) is 21.2. The van der Waals surface area contributed by atoms with Crippen LogP contribution in [0.2, 0.25) is 0 Å². The summed E-state index contributed by atoms with van der Waals surface area (Å²) in [6.45, 7) is 2.83. The van der Waals surface area contributed by atoms with Gasteiger partial charge in [-0.05, 0) is 50.8 Å². The first-order valence-electron chi connectivity index (χ1n) is 9.31. The number of carbonyl (C=O) groups excluding carboxylic acids is 2. The highest BCUT2D eigenvalue weighted by Crippen LogP contribution is 2.50. The zero-order valence-corrected chi connectivity index (χ0v) is 16.4. The largest absolute Gasteiger partial charge is 0.508 e. The average Bonchev–Trinajstić information content (AvgIpc) is 2.62. The summed E-state index contributed by atoms with van der Waals surface area (Å²) in [7, 11) is 0. The molecule has 2 aliphatic carbocycles. The third kappa shape index (κ3) is 2.64. The van der Waals surface area contributed by atoms with Crippen molar-refractivity contribution < 1.29 is 14.7 Å². The van der Waals surface area contributed by atoms with E-state index in [-0.39, 0.29) is 17.3 Å². The van der Waals surface area contributed by atoms with Crippen LogP contribution in [0.25, 0.3) is 0 Å². The second kappa shape index (κ2) is 6.69. The highest BCUT2D eigenvalue weighted by atomic mass is 79.9. The van der Waals surface area contributed by atoms with E-state index in [1.54, 1.807) is 12.1 Å². The number of nitrogens with zero attached hydrogens (tertiary/aromatic N) is 1. The van der Waals surface area contributed by atoms with Crippen LogP contribution in [0.5, 0.6) is 5.75 Å². The molecule has 26 heavy (non-hydrogen) atoms. The molecule has 0 bridgehead atoms. The van der Waals surface area contributed by atoms with Crippen LogP contribution in [0.15, 0.2) is 45.2 Å². The Balaban J connectivity index is 2.01. The van der Waals surface area contributed by atoms with Gasteiger partial charge in [0, 0.05) is 57.9 Å². The van der Waals surface area contributed by atoms with Gasteiger partial charge < -0.3 is 10.0 Å². The molecule has 0 atom stereocenters. The van der Waals surface area contributed by atoms with Crippen molar-refractivity contribution in [3.8, 4) is 5.75 Å². The number of hydrogen-bond acceptors (Lipinski definition) is 4. The standard InChI is InChI=1S/C21H22BrNO3/c1-2-23-14-5-3-7-17(25)20(14)19(13-11-12(22)9-10-16(13)24)21-15(23)6-4-8-18(21)26/h9-11,19,24H,2-8H2,1H3. The Morgan fingerprint density at radius 1 is 1.04 bits per heavy atom. The second-order valence-electron chi connectivity index (χ2n) is 7.15. The maximum atomic E-state index is 12.9. The zero-order valence-electron chi connectivity index (χ0n) is 14.8. The molecule has 1 aromatic carbocycles. The fourth-order valence-electron chi connectivity index (χ4n) is 4.67. The number of phenolic OH excluding ortho intramolecular Hbond substituents is 1. The Kier molecular flexibility index (Phi) is 4.51. The molecular formula is C21H22BrNO3. The second-order valence-corrected chi connectivity index (χ2v) is 8.07. The van der Waals surface area contributed by atoms with Crippen molar-refractivity contribution in [3.63, 3.8) is 0 Å². The number of halogens is 1. The minimum Gasteiger partial charge on any atom is -0.508 e. The van der Waals surface area contributed by atoms with E-state index in [0.717, 1.165) is 59.2 Å². The van der Waals surface area contributed by atoms with Gasteiger partial charge in [-0.2, -0.15) is 0 Å². The van der Waals surface area contributed by atoms with Crippen molar-refractivity contribution in [2.24, 2.45) is 0 Å². The van der Waals surface area contributed by atoms with Gasteiger partial charge in [0.15, 0.2) is 11.6 Å². The molecule has 4 rings (SSSR count). The Labute approximate surface area is 161 Å². The van der Waals surface area contributed by atoms with Gasteiger partial charge in [-0.15, -0.1) is 0 Å². The summed E-state index contributed by atoms with van der Waals surface area (Å²) in [5, 5.41) is 10.6. The summed E-state index contributed by atoms with van der Waals surface area (Å²) in [6, 6.07) is 5.25. The van der Waals surface area contributed by atoms with Crippen molar-refractivity contribution in [1.29, 1.82) is 0 Å². The topological polar surface area (TPSA) is 57.6 Å². The lowest BCUT2D eigenvalue weighted by molar-refractivity contribution is -0.117. The average molecular weight is 416 g/mol. The van der Waals surface area contributed by atoms with E-state index in [2.05, 4.69) is 27.8 Å². The molecule has 0 saturated carbocycles. The van der Waals surface area contributed by atoms with Gasteiger partial charge in [0.2, 0.25) is 0 Å². The van der Waals surface area contributed by atoms with Crippen molar-refractivity contribution in [2.75, 3.05) is 6.54 Å². The van der Waals surface area contributed by atoms with Crippen LogP contribution >= 0.6 is 15.9 Å². The fourth-order valence-corrected chi connectivity index (χ4v) is 5.04. The van der Waals surface area contributed by atoms with Crippen molar-refractivity contribution in [2.45, 2.75) is 51.4 Å². The smallest absolute Gasteiger partial charge is 0.161 e. The molecule has 3 aliphatic rings. The SMILES string of the molecule is CCN1C2=C(C(=O)CCC2)C(c2cc(Br)ccc2O)C2=C1CCCC2=O. The molecule has 1 heterocycles. The van der Waals surface area contributed by atoms with Gasteiger partial charge in [-0.3, -0.25) is 9.59 Å². The third-order valence-corrected chi connectivity index (χ3v) is 6.20. The van der Waals surface area contributed by atoms with Crippen molar-refractivity contribution in [1.82, 2.24) is 4.90 Å². The summed E-state index contributed by atoms with van der Waals surface area (Å²) in [4.78, 5) is 28.1. The number of carbonyl (C=O) groups is 2. The Morgan fingerprint density at radius 3 is 2.15 bits per heavy atom. The molecule has 0 spiro atoms.